The van der Waals surface area contributed by atoms with Crippen LogP contribution >= 0.6 is 0 Å². The molecule has 2 aromatic carbocycles. The number of ether oxygens (including phenoxy) is 1. The first-order valence-corrected chi connectivity index (χ1v) is 7.55. The fourth-order valence-corrected chi connectivity index (χ4v) is 2.03. The number of hydrogen-bond donors (Lipinski definition) is 2. The lowest BCUT2D eigenvalue weighted by atomic mass is 10.2. The molecule has 0 atom stereocenters. The number of hydrogen-bond acceptors (Lipinski definition) is 4. The Morgan fingerprint density at radius 2 is 1.74 bits per heavy atom. The van der Waals surface area contributed by atoms with E-state index in [1.54, 1.807) is 0 Å². The fourth-order valence-electron chi connectivity index (χ4n) is 2.03. The predicted molar refractivity (Wildman–Crippen MR) is 94.5 cm³/mol. The highest BCUT2D eigenvalue weighted by atomic mass is 16.5. The van der Waals surface area contributed by atoms with Crippen LogP contribution in [0, 0.1) is 0 Å². The van der Waals surface area contributed by atoms with Crippen LogP contribution in [-0.2, 0) is 4.79 Å². The molecule has 5 heteroatoms. The van der Waals surface area contributed by atoms with Crippen molar-refractivity contribution in [2.75, 3.05) is 37.9 Å². The molecule has 2 N–H and O–H groups in total. The number of benzene rings is 2. The van der Waals surface area contributed by atoms with Gasteiger partial charge in [-0.3, -0.25) is 4.79 Å². The van der Waals surface area contributed by atoms with Crippen LogP contribution in [0.3, 0.4) is 0 Å². The van der Waals surface area contributed by atoms with Crippen LogP contribution in [0.4, 0.5) is 17.1 Å². The Kier molecular flexibility index (Phi) is 6.00. The summed E-state index contributed by atoms with van der Waals surface area (Å²) in [5.74, 6) is 0.769. The summed E-state index contributed by atoms with van der Waals surface area (Å²) in [6.45, 7) is 3.05. The zero-order chi connectivity index (χ0) is 16.7. The van der Waals surface area contributed by atoms with Crippen molar-refractivity contribution in [3.8, 4) is 5.75 Å². The molecule has 0 aliphatic carbocycles. The molecule has 0 spiro atoms. The van der Waals surface area contributed by atoms with Crippen LogP contribution in [0.1, 0.15) is 6.92 Å². The van der Waals surface area contributed by atoms with Gasteiger partial charge in [-0.2, -0.15) is 0 Å². The lowest BCUT2D eigenvalue weighted by Gasteiger charge is -2.12. The molecule has 2 aromatic rings. The van der Waals surface area contributed by atoms with Crippen LogP contribution in [0.5, 0.6) is 5.75 Å². The van der Waals surface area contributed by atoms with Crippen LogP contribution < -0.4 is 15.4 Å². The number of anilines is 3. The van der Waals surface area contributed by atoms with Gasteiger partial charge in [-0.05, 0) is 56.6 Å². The molecule has 122 valence electrons. The molecule has 0 aliphatic rings. The minimum absolute atomic E-state index is 0.0821. The second-order valence-electron chi connectivity index (χ2n) is 5.56. The number of amides is 1. The molecule has 0 saturated carbocycles. The number of likely N-dealkylation sites (N-methyl/N-ethyl adjacent to an activating group) is 1. The average molecular weight is 313 g/mol. The number of nitrogens with one attached hydrogen (secondary N) is 2. The van der Waals surface area contributed by atoms with Crippen molar-refractivity contribution in [1.82, 2.24) is 4.90 Å². The number of carbonyl (C=O) groups is 1. The summed E-state index contributed by atoms with van der Waals surface area (Å²) in [5.41, 5.74) is 2.65. The summed E-state index contributed by atoms with van der Waals surface area (Å²) in [5, 5.41) is 6.07. The fraction of sp³-hybridized carbons (Fsp3) is 0.278. The van der Waals surface area contributed by atoms with Gasteiger partial charge in [0.25, 0.3) is 0 Å². The van der Waals surface area contributed by atoms with E-state index in [-0.39, 0.29) is 5.91 Å². The SMILES string of the molecule is CC(=O)Nc1cccc(Nc2ccc(OCCN(C)C)cc2)c1. The monoisotopic (exact) mass is 313 g/mol. The molecule has 0 aliphatic heterocycles. The number of rotatable bonds is 7. The Morgan fingerprint density at radius 1 is 1.04 bits per heavy atom. The van der Waals surface area contributed by atoms with Gasteiger partial charge in [-0.25, -0.2) is 0 Å². The molecular weight excluding hydrogens is 290 g/mol. The first-order valence-electron chi connectivity index (χ1n) is 7.55. The van der Waals surface area contributed by atoms with E-state index in [1.165, 1.54) is 6.92 Å². The normalized spacial score (nSPS) is 10.4. The highest BCUT2D eigenvalue weighted by Crippen LogP contribution is 2.22. The van der Waals surface area contributed by atoms with Gasteiger partial charge < -0.3 is 20.3 Å². The Bertz CT molecular complexity index is 639. The Morgan fingerprint density at radius 3 is 2.39 bits per heavy atom. The highest BCUT2D eigenvalue weighted by Gasteiger charge is 2.00. The second-order valence-corrected chi connectivity index (χ2v) is 5.56. The van der Waals surface area contributed by atoms with Gasteiger partial charge in [0.05, 0.1) is 0 Å². The maximum atomic E-state index is 11.1. The van der Waals surface area contributed by atoms with Gasteiger partial charge in [-0.15, -0.1) is 0 Å². The van der Waals surface area contributed by atoms with Crippen molar-refractivity contribution in [2.45, 2.75) is 6.92 Å². The molecule has 2 rings (SSSR count). The van der Waals surface area contributed by atoms with Gasteiger partial charge in [0, 0.05) is 30.5 Å². The molecule has 0 heterocycles. The third kappa shape index (κ3) is 6.00. The molecule has 0 bridgehead atoms. The molecular formula is C18H23N3O2. The molecule has 0 unspecified atom stereocenters. The Balaban J connectivity index is 1.94. The zero-order valence-corrected chi connectivity index (χ0v) is 13.8. The van der Waals surface area contributed by atoms with Crippen molar-refractivity contribution in [2.24, 2.45) is 0 Å². The molecule has 0 saturated heterocycles. The van der Waals surface area contributed by atoms with E-state index >= 15 is 0 Å². The average Bonchev–Trinajstić information content (AvgIpc) is 2.48. The summed E-state index contributed by atoms with van der Waals surface area (Å²) < 4.78 is 5.67. The van der Waals surface area contributed by atoms with Gasteiger partial charge in [0.2, 0.25) is 5.91 Å². The van der Waals surface area contributed by atoms with E-state index < -0.39 is 0 Å². The summed E-state index contributed by atoms with van der Waals surface area (Å²) in [4.78, 5) is 13.2. The van der Waals surface area contributed by atoms with E-state index in [9.17, 15) is 4.79 Å². The van der Waals surface area contributed by atoms with Crippen molar-refractivity contribution in [3.63, 3.8) is 0 Å². The van der Waals surface area contributed by atoms with E-state index in [0.717, 1.165) is 29.4 Å². The largest absolute Gasteiger partial charge is 0.492 e. The summed E-state index contributed by atoms with van der Waals surface area (Å²) in [6, 6.07) is 15.4. The van der Waals surface area contributed by atoms with Crippen LogP contribution in [0.25, 0.3) is 0 Å². The van der Waals surface area contributed by atoms with E-state index in [0.29, 0.717) is 6.61 Å². The molecule has 1 amide bonds. The molecule has 23 heavy (non-hydrogen) atoms. The molecule has 5 nitrogen and oxygen atoms in total. The predicted octanol–water partition coefficient (Wildman–Crippen LogP) is 3.33. The standard InChI is InChI=1S/C18H23N3O2/c1-14(22)19-16-5-4-6-17(13-16)20-15-7-9-18(10-8-15)23-12-11-21(2)3/h4-10,13,20H,11-12H2,1-3H3,(H,19,22). The first-order chi connectivity index (χ1) is 11.0. The molecule has 0 radical (unpaired) electrons. The lowest BCUT2D eigenvalue weighted by molar-refractivity contribution is -0.114. The minimum Gasteiger partial charge on any atom is -0.492 e. The Labute approximate surface area is 137 Å². The van der Waals surface area contributed by atoms with Crippen molar-refractivity contribution < 1.29 is 9.53 Å². The van der Waals surface area contributed by atoms with Crippen LogP contribution in [0.2, 0.25) is 0 Å². The van der Waals surface area contributed by atoms with Gasteiger partial charge in [-0.1, -0.05) is 6.07 Å². The van der Waals surface area contributed by atoms with Crippen LogP contribution in [-0.4, -0.2) is 38.1 Å². The quantitative estimate of drug-likeness (QED) is 0.823. The number of carbonyl (C=O) groups excluding carboxylic acids is 1. The third-order valence-corrected chi connectivity index (χ3v) is 3.13. The Hall–Kier alpha value is -2.53. The smallest absolute Gasteiger partial charge is 0.221 e. The van der Waals surface area contributed by atoms with Gasteiger partial charge in [0.1, 0.15) is 12.4 Å². The van der Waals surface area contributed by atoms with E-state index in [4.69, 9.17) is 4.74 Å². The van der Waals surface area contributed by atoms with Crippen molar-refractivity contribution in [3.05, 3.63) is 48.5 Å². The highest BCUT2D eigenvalue weighted by molar-refractivity contribution is 5.89. The van der Waals surface area contributed by atoms with E-state index in [2.05, 4.69) is 15.5 Å². The maximum Gasteiger partial charge on any atom is 0.221 e. The summed E-state index contributed by atoms with van der Waals surface area (Å²) in [7, 11) is 4.04. The molecule has 0 fully saturated rings. The van der Waals surface area contributed by atoms with Crippen molar-refractivity contribution in [1.29, 1.82) is 0 Å². The lowest BCUT2D eigenvalue weighted by Crippen LogP contribution is -2.19. The summed E-state index contributed by atoms with van der Waals surface area (Å²) in [6.07, 6.45) is 0. The van der Waals surface area contributed by atoms with Crippen molar-refractivity contribution >= 4 is 23.0 Å². The third-order valence-electron chi connectivity index (χ3n) is 3.13. The van der Waals surface area contributed by atoms with E-state index in [1.807, 2.05) is 62.6 Å². The first kappa shape index (κ1) is 16.8. The number of nitrogens with zero attached hydrogens (tertiary/aromatic N) is 1. The summed E-state index contributed by atoms with van der Waals surface area (Å²) >= 11 is 0. The second kappa shape index (κ2) is 8.19. The van der Waals surface area contributed by atoms with Gasteiger partial charge >= 0.3 is 0 Å². The van der Waals surface area contributed by atoms with Gasteiger partial charge in [0.15, 0.2) is 0 Å². The topological polar surface area (TPSA) is 53.6 Å². The van der Waals surface area contributed by atoms with Crippen LogP contribution in [0.15, 0.2) is 48.5 Å². The zero-order valence-electron chi connectivity index (χ0n) is 13.8. The molecule has 0 aromatic heterocycles. The minimum atomic E-state index is -0.0821. The maximum absolute atomic E-state index is 11.1.